The molecule has 1 fully saturated rings. The number of halogens is 1. The normalized spacial score (nSPS) is 13.9. The summed E-state index contributed by atoms with van der Waals surface area (Å²) >= 11 is 0. The number of primary amides is 1. The van der Waals surface area contributed by atoms with Gasteiger partial charge in [-0.25, -0.2) is 4.98 Å². The van der Waals surface area contributed by atoms with E-state index < -0.39 is 11.8 Å². The molecule has 1 saturated heterocycles. The maximum absolute atomic E-state index is 12.7. The summed E-state index contributed by atoms with van der Waals surface area (Å²) in [5, 5.41) is 6.93. The number of hydrogen-bond acceptors (Lipinski definition) is 7. The molecule has 0 radical (unpaired) electrons. The van der Waals surface area contributed by atoms with Gasteiger partial charge in [0.25, 0.3) is 11.8 Å². The zero-order valence-electron chi connectivity index (χ0n) is 18.1. The molecule has 3 aromatic rings. The first-order chi connectivity index (χ1) is 15.3. The lowest BCUT2D eigenvalue weighted by atomic mass is 10.1. The smallest absolute Gasteiger partial charge is 0.277 e. The average molecular weight is 474 g/mol. The van der Waals surface area contributed by atoms with Gasteiger partial charge in [-0.1, -0.05) is 0 Å². The Bertz CT molecular complexity index is 1180. The number of nitrogens with one attached hydrogen (secondary N) is 1. The van der Waals surface area contributed by atoms with Gasteiger partial charge in [0.05, 0.1) is 11.7 Å². The fourth-order valence-electron chi connectivity index (χ4n) is 3.67. The second-order valence-electron chi connectivity index (χ2n) is 7.65. The Balaban J connectivity index is 0.00000306. The molecule has 1 aliphatic rings. The molecule has 4 rings (SSSR count). The van der Waals surface area contributed by atoms with Crippen LogP contribution in [0.25, 0.3) is 11.5 Å². The van der Waals surface area contributed by atoms with Gasteiger partial charge in [-0.05, 0) is 31.9 Å². The number of nitrogens with two attached hydrogens (primary N) is 1. The van der Waals surface area contributed by atoms with E-state index in [1.165, 1.54) is 13.2 Å². The molecule has 0 aromatic carbocycles. The topological polar surface area (TPSA) is 149 Å². The summed E-state index contributed by atoms with van der Waals surface area (Å²) in [5.41, 5.74) is 7.16. The highest BCUT2D eigenvalue weighted by Gasteiger charge is 2.26. The second kappa shape index (κ2) is 9.82. The first kappa shape index (κ1) is 23.9. The van der Waals surface area contributed by atoms with Crippen molar-refractivity contribution in [3.8, 4) is 11.5 Å². The fraction of sp³-hybridized carbons (Fsp3) is 0.333. The molecule has 0 spiro atoms. The molecule has 3 N–H and O–H groups in total. The Morgan fingerprint density at radius 1 is 1.24 bits per heavy atom. The Hall–Kier alpha value is -3.73. The number of carbonyl (C=O) groups is 3. The van der Waals surface area contributed by atoms with Crippen LogP contribution in [0, 0.1) is 6.92 Å². The minimum Gasteiger partial charge on any atom is -0.444 e. The molecule has 1 aliphatic heterocycles. The van der Waals surface area contributed by atoms with Crippen LogP contribution in [0.5, 0.6) is 0 Å². The van der Waals surface area contributed by atoms with E-state index >= 15 is 0 Å². The number of piperidine rings is 1. The molecule has 33 heavy (non-hydrogen) atoms. The molecule has 12 heteroatoms. The number of likely N-dealkylation sites (tertiary alicyclic amines) is 1. The molecule has 3 aromatic heterocycles. The van der Waals surface area contributed by atoms with Crippen LogP contribution in [0.1, 0.15) is 52.5 Å². The number of rotatable bonds is 5. The van der Waals surface area contributed by atoms with E-state index in [1.807, 2.05) is 6.92 Å². The van der Waals surface area contributed by atoms with E-state index in [2.05, 4.69) is 20.4 Å². The van der Waals surface area contributed by atoms with Crippen molar-refractivity contribution in [2.45, 2.75) is 32.7 Å². The van der Waals surface area contributed by atoms with Crippen molar-refractivity contribution in [1.82, 2.24) is 24.6 Å². The highest BCUT2D eigenvalue weighted by atomic mass is 35.5. The van der Waals surface area contributed by atoms with Crippen LogP contribution in [0.3, 0.4) is 0 Å². The summed E-state index contributed by atoms with van der Waals surface area (Å²) in [6.45, 7) is 4.58. The van der Waals surface area contributed by atoms with E-state index in [0.717, 1.165) is 5.69 Å². The van der Waals surface area contributed by atoms with Gasteiger partial charge in [-0.3, -0.25) is 24.0 Å². The third-order valence-corrected chi connectivity index (χ3v) is 5.38. The average Bonchev–Trinajstić information content (AvgIpc) is 3.42. The summed E-state index contributed by atoms with van der Waals surface area (Å²) < 4.78 is 7.05. The number of amides is 3. The van der Waals surface area contributed by atoms with Crippen molar-refractivity contribution >= 4 is 35.8 Å². The quantitative estimate of drug-likeness (QED) is 0.576. The minimum atomic E-state index is -0.756. The van der Waals surface area contributed by atoms with Gasteiger partial charge >= 0.3 is 0 Å². The number of carbonyl (C=O) groups excluding carboxylic acids is 3. The van der Waals surface area contributed by atoms with Crippen LogP contribution in [-0.2, 0) is 4.79 Å². The third-order valence-electron chi connectivity index (χ3n) is 5.38. The maximum Gasteiger partial charge on any atom is 0.277 e. The molecule has 0 saturated carbocycles. The first-order valence-corrected chi connectivity index (χ1v) is 10.2. The van der Waals surface area contributed by atoms with Gasteiger partial charge in [0.15, 0.2) is 11.4 Å². The van der Waals surface area contributed by atoms with Gasteiger partial charge in [-0.15, -0.1) is 12.4 Å². The van der Waals surface area contributed by atoms with Crippen molar-refractivity contribution in [3.63, 3.8) is 0 Å². The zero-order valence-corrected chi connectivity index (χ0v) is 19.0. The monoisotopic (exact) mass is 473 g/mol. The number of hydrogen-bond donors (Lipinski definition) is 2. The highest BCUT2D eigenvalue weighted by Crippen LogP contribution is 2.26. The third kappa shape index (κ3) is 5.20. The lowest BCUT2D eigenvalue weighted by molar-refractivity contribution is -0.130. The van der Waals surface area contributed by atoms with Gasteiger partial charge in [0, 0.05) is 43.7 Å². The molecule has 0 atom stereocenters. The predicted octanol–water partition coefficient (Wildman–Crippen LogP) is 2.20. The molecule has 0 bridgehead atoms. The van der Waals surface area contributed by atoms with Gasteiger partial charge in [-0.2, -0.15) is 5.10 Å². The van der Waals surface area contributed by atoms with E-state index in [4.69, 9.17) is 10.2 Å². The Labute approximate surface area is 195 Å². The first-order valence-electron chi connectivity index (χ1n) is 10.2. The summed E-state index contributed by atoms with van der Waals surface area (Å²) in [5.74, 6) is -1.00. The van der Waals surface area contributed by atoms with E-state index in [-0.39, 0.29) is 47.3 Å². The van der Waals surface area contributed by atoms with Crippen LogP contribution >= 0.6 is 12.4 Å². The number of aryl methyl sites for hydroxylation is 1. The Morgan fingerprint density at radius 2 is 1.97 bits per heavy atom. The lowest BCUT2D eigenvalue weighted by Crippen LogP contribution is -2.37. The largest absolute Gasteiger partial charge is 0.444 e. The second-order valence-corrected chi connectivity index (χ2v) is 7.65. The maximum atomic E-state index is 12.7. The van der Waals surface area contributed by atoms with Crippen molar-refractivity contribution in [2.75, 3.05) is 18.4 Å². The van der Waals surface area contributed by atoms with Gasteiger partial charge < -0.3 is 20.4 Å². The Kier molecular flexibility index (Phi) is 7.12. The number of pyridine rings is 1. The fourth-order valence-corrected chi connectivity index (χ4v) is 3.67. The zero-order chi connectivity index (χ0) is 22.8. The standard InChI is InChI=1S/C21H23N7O4.ClH/c1-12-9-14(3-6-23-12)21-25-17(11-32-21)20(31)24-16-10-28(26-18(16)19(22)30)15-4-7-27(8-5-15)13(2)29;/h3,6,9-11,15H,4-5,7-8H2,1-2H3,(H2,22,30)(H,24,31);1H. The van der Waals surface area contributed by atoms with E-state index in [0.29, 0.717) is 31.5 Å². The predicted molar refractivity (Wildman–Crippen MR) is 121 cm³/mol. The Morgan fingerprint density at radius 3 is 2.61 bits per heavy atom. The molecule has 0 unspecified atom stereocenters. The molecular weight excluding hydrogens is 450 g/mol. The molecule has 3 amide bonds. The molecule has 11 nitrogen and oxygen atoms in total. The molecule has 0 aliphatic carbocycles. The summed E-state index contributed by atoms with van der Waals surface area (Å²) in [7, 11) is 0. The SMILES string of the molecule is CC(=O)N1CCC(n2cc(NC(=O)c3coc(-c4ccnc(C)c4)n3)c(C(N)=O)n2)CC1.Cl. The molecular formula is C21H24ClN7O4. The summed E-state index contributed by atoms with van der Waals surface area (Å²) in [4.78, 5) is 46.3. The number of aromatic nitrogens is 4. The highest BCUT2D eigenvalue weighted by molar-refractivity contribution is 6.07. The van der Waals surface area contributed by atoms with Crippen molar-refractivity contribution < 1.29 is 18.8 Å². The van der Waals surface area contributed by atoms with Crippen molar-refractivity contribution in [3.05, 3.63) is 47.9 Å². The van der Waals surface area contributed by atoms with Crippen LogP contribution in [0.4, 0.5) is 5.69 Å². The lowest BCUT2D eigenvalue weighted by Gasteiger charge is -2.31. The van der Waals surface area contributed by atoms with Gasteiger partial charge in [0.2, 0.25) is 11.8 Å². The number of nitrogens with zero attached hydrogens (tertiary/aromatic N) is 5. The number of oxazole rings is 1. The van der Waals surface area contributed by atoms with Crippen molar-refractivity contribution in [1.29, 1.82) is 0 Å². The summed E-state index contributed by atoms with van der Waals surface area (Å²) in [6.07, 6.45) is 5.82. The van der Waals surface area contributed by atoms with Crippen LogP contribution in [0.2, 0.25) is 0 Å². The van der Waals surface area contributed by atoms with Gasteiger partial charge in [0.1, 0.15) is 6.26 Å². The van der Waals surface area contributed by atoms with E-state index in [9.17, 15) is 14.4 Å². The van der Waals surface area contributed by atoms with Crippen molar-refractivity contribution in [2.24, 2.45) is 5.73 Å². The molecule has 174 valence electrons. The minimum absolute atomic E-state index is 0. The van der Waals surface area contributed by atoms with Crippen LogP contribution in [0.15, 0.2) is 35.2 Å². The van der Waals surface area contributed by atoms with E-state index in [1.54, 1.807) is 34.1 Å². The van der Waals surface area contributed by atoms with Crippen LogP contribution in [-0.4, -0.2) is 55.5 Å². The molecule has 4 heterocycles. The number of anilines is 1. The summed E-state index contributed by atoms with van der Waals surface area (Å²) in [6, 6.07) is 3.51. The van der Waals surface area contributed by atoms with Crippen LogP contribution < -0.4 is 11.1 Å².